The summed E-state index contributed by atoms with van der Waals surface area (Å²) in [5, 5.41) is 83.3. The minimum atomic E-state index is -1.58. The van der Waals surface area contributed by atoms with Gasteiger partial charge in [0.25, 0.3) is 0 Å². The Labute approximate surface area is 247 Å². The van der Waals surface area contributed by atoms with Crippen LogP contribution in [0, 0.1) is 0 Å². The second-order valence-corrected chi connectivity index (χ2v) is 10.9. The van der Waals surface area contributed by atoms with Crippen molar-refractivity contribution in [2.75, 3.05) is 26.9 Å². The summed E-state index contributed by atoms with van der Waals surface area (Å²) in [7, 11) is 1.48. The van der Waals surface area contributed by atoms with E-state index in [-0.39, 0.29) is 11.8 Å². The summed E-state index contributed by atoms with van der Waals surface area (Å²) in [4.78, 5) is 0. The quantitative estimate of drug-likeness (QED) is 0.143. The summed E-state index contributed by atoms with van der Waals surface area (Å²) in [6, 6.07) is 10.5. The molecule has 3 heterocycles. The highest BCUT2D eigenvalue weighted by Crippen LogP contribution is 2.38. The van der Waals surface area contributed by atoms with Crippen LogP contribution in [0.4, 0.5) is 0 Å². The largest absolute Gasteiger partial charge is 0.493 e. The molecular formula is C29H39NO13. The number of aliphatic hydroxyl groups excluding tert-OH is 8. The van der Waals surface area contributed by atoms with Crippen LogP contribution in [0.2, 0.25) is 0 Å². The lowest BCUT2D eigenvalue weighted by atomic mass is 9.89. The van der Waals surface area contributed by atoms with Gasteiger partial charge in [0.05, 0.1) is 20.3 Å². The number of aliphatic hydroxyl groups is 8. The van der Waals surface area contributed by atoms with Gasteiger partial charge in [0.15, 0.2) is 11.5 Å². The molecule has 0 radical (unpaired) electrons. The van der Waals surface area contributed by atoms with Crippen LogP contribution in [0.3, 0.4) is 0 Å². The predicted octanol–water partition coefficient (Wildman–Crippen LogP) is -2.52. The summed E-state index contributed by atoms with van der Waals surface area (Å²) in [5.74, 6) is 0.999. The first-order valence-corrected chi connectivity index (χ1v) is 14.1. The molecular weight excluding hydrogens is 570 g/mol. The topological polar surface area (TPSA) is 220 Å². The highest BCUT2D eigenvalue weighted by atomic mass is 16.7. The van der Waals surface area contributed by atoms with Gasteiger partial charge >= 0.3 is 0 Å². The molecule has 2 aromatic rings. The molecule has 0 aliphatic carbocycles. The summed E-state index contributed by atoms with van der Waals surface area (Å²) < 4.78 is 28.1. The monoisotopic (exact) mass is 609 g/mol. The first-order valence-electron chi connectivity index (χ1n) is 14.1. The zero-order valence-corrected chi connectivity index (χ0v) is 23.5. The lowest BCUT2D eigenvalue weighted by Gasteiger charge is -2.39. The molecule has 0 spiro atoms. The normalized spacial score (nSPS) is 36.1. The van der Waals surface area contributed by atoms with Gasteiger partial charge in [0.2, 0.25) is 12.6 Å². The van der Waals surface area contributed by atoms with Crippen molar-refractivity contribution in [3.05, 3.63) is 53.1 Å². The molecule has 0 amide bonds. The van der Waals surface area contributed by atoms with E-state index < -0.39 is 74.6 Å². The SMILES string of the molecule is COc1cc2c(cc1O[C@@H]1O[C@H](CO)[C@@H](O)[C@H](O)[C@H]1O)[C@H](Cc1ccc(O[C@@H]3O[C@H](CO)[C@@H](O)[C@H](O)[C@H]3O)cc1)NCC2. The van der Waals surface area contributed by atoms with Gasteiger partial charge in [-0.05, 0) is 60.3 Å². The van der Waals surface area contributed by atoms with Crippen molar-refractivity contribution in [1.29, 1.82) is 0 Å². The van der Waals surface area contributed by atoms with Crippen LogP contribution in [0.1, 0.15) is 22.7 Å². The van der Waals surface area contributed by atoms with Gasteiger partial charge in [-0.1, -0.05) is 12.1 Å². The maximum absolute atomic E-state index is 10.5. The van der Waals surface area contributed by atoms with Crippen LogP contribution >= 0.6 is 0 Å². The second kappa shape index (κ2) is 13.6. The van der Waals surface area contributed by atoms with Crippen molar-refractivity contribution < 1.29 is 64.5 Å². The third-order valence-corrected chi connectivity index (χ3v) is 8.14. The minimum Gasteiger partial charge on any atom is -0.493 e. The van der Waals surface area contributed by atoms with Crippen LogP contribution < -0.4 is 19.5 Å². The molecule has 3 aliphatic heterocycles. The molecule has 14 heteroatoms. The Balaban J connectivity index is 1.30. The number of fused-ring (bicyclic) bond motifs is 1. The van der Waals surface area contributed by atoms with E-state index in [1.165, 1.54) is 7.11 Å². The highest BCUT2D eigenvalue weighted by Gasteiger charge is 2.46. The fourth-order valence-corrected chi connectivity index (χ4v) is 5.61. The van der Waals surface area contributed by atoms with E-state index in [1.807, 2.05) is 18.2 Å². The Morgan fingerprint density at radius 1 is 0.744 bits per heavy atom. The molecule has 0 bridgehead atoms. The van der Waals surface area contributed by atoms with Gasteiger partial charge in [-0.3, -0.25) is 0 Å². The van der Waals surface area contributed by atoms with Gasteiger partial charge in [-0.15, -0.1) is 0 Å². The number of benzene rings is 2. The molecule has 9 N–H and O–H groups in total. The molecule has 2 saturated heterocycles. The van der Waals surface area contributed by atoms with E-state index in [0.717, 1.165) is 23.1 Å². The van der Waals surface area contributed by atoms with Gasteiger partial charge in [0, 0.05) is 6.04 Å². The minimum absolute atomic E-state index is 0.135. The molecule has 2 fully saturated rings. The van der Waals surface area contributed by atoms with Crippen molar-refractivity contribution in [3.63, 3.8) is 0 Å². The van der Waals surface area contributed by atoms with Gasteiger partial charge in [-0.2, -0.15) is 0 Å². The number of methoxy groups -OCH3 is 1. The highest BCUT2D eigenvalue weighted by molar-refractivity contribution is 5.50. The molecule has 238 valence electrons. The van der Waals surface area contributed by atoms with E-state index in [1.54, 1.807) is 18.2 Å². The first kappa shape index (κ1) is 31.8. The zero-order valence-electron chi connectivity index (χ0n) is 23.5. The molecule has 0 aromatic heterocycles. The summed E-state index contributed by atoms with van der Waals surface area (Å²) >= 11 is 0. The molecule has 43 heavy (non-hydrogen) atoms. The van der Waals surface area contributed by atoms with E-state index in [9.17, 15) is 40.9 Å². The van der Waals surface area contributed by atoms with E-state index in [2.05, 4.69) is 5.32 Å². The van der Waals surface area contributed by atoms with Gasteiger partial charge < -0.3 is 69.9 Å². The maximum Gasteiger partial charge on any atom is 0.229 e. The number of hydrogen-bond acceptors (Lipinski definition) is 14. The van der Waals surface area contributed by atoms with Gasteiger partial charge in [-0.25, -0.2) is 0 Å². The van der Waals surface area contributed by atoms with E-state index >= 15 is 0 Å². The van der Waals surface area contributed by atoms with Crippen LogP contribution in [0.15, 0.2) is 36.4 Å². The predicted molar refractivity (Wildman–Crippen MR) is 146 cm³/mol. The Hall–Kier alpha value is -2.60. The lowest BCUT2D eigenvalue weighted by Crippen LogP contribution is -2.60. The standard InChI is InChI=1S/C29H39NO13/c1-39-18-9-14-6-7-30-17(16(14)10-19(18)41-29-27(38)25(36)23(34)21(12-32)43-29)8-13-2-4-15(5-3-13)40-28-26(37)24(35)22(33)20(11-31)42-28/h2-5,9-10,17,20-38H,6-8,11-12H2,1H3/t17-,20+,21+,22+,23+,24-,25-,26+,27+,28+,29+/m0/s1. The molecule has 5 rings (SSSR count). The smallest absolute Gasteiger partial charge is 0.229 e. The molecule has 0 unspecified atom stereocenters. The van der Waals surface area contributed by atoms with Crippen LogP contribution in [-0.4, -0.2) is 129 Å². The summed E-state index contributed by atoms with van der Waals surface area (Å²) in [5.41, 5.74) is 2.90. The van der Waals surface area contributed by atoms with Crippen molar-refractivity contribution in [3.8, 4) is 17.2 Å². The molecule has 3 aliphatic rings. The molecule has 2 aromatic carbocycles. The second-order valence-electron chi connectivity index (χ2n) is 10.9. The van der Waals surface area contributed by atoms with Crippen molar-refractivity contribution in [1.82, 2.24) is 5.32 Å². The third kappa shape index (κ3) is 6.60. The fraction of sp³-hybridized carbons (Fsp3) is 0.586. The Kier molecular flexibility index (Phi) is 10.0. The van der Waals surface area contributed by atoms with E-state index in [4.69, 9.17) is 23.7 Å². The Morgan fingerprint density at radius 3 is 1.88 bits per heavy atom. The van der Waals surface area contributed by atoms with Crippen molar-refractivity contribution in [2.24, 2.45) is 0 Å². The van der Waals surface area contributed by atoms with Gasteiger partial charge in [0.1, 0.15) is 54.6 Å². The summed E-state index contributed by atoms with van der Waals surface area (Å²) in [6.07, 6.45) is -12.7. The van der Waals surface area contributed by atoms with E-state index in [0.29, 0.717) is 24.5 Å². The maximum atomic E-state index is 10.5. The molecule has 11 atom stereocenters. The molecule has 0 saturated carbocycles. The van der Waals surface area contributed by atoms with Crippen molar-refractivity contribution in [2.45, 2.75) is 80.3 Å². The number of ether oxygens (including phenoxy) is 5. The Morgan fingerprint density at radius 2 is 1.33 bits per heavy atom. The number of rotatable bonds is 9. The fourth-order valence-electron chi connectivity index (χ4n) is 5.61. The van der Waals surface area contributed by atoms with Crippen molar-refractivity contribution >= 4 is 0 Å². The average Bonchev–Trinajstić information content (AvgIpc) is 3.02. The van der Waals surface area contributed by atoms with Crippen LogP contribution in [0.5, 0.6) is 17.2 Å². The third-order valence-electron chi connectivity index (χ3n) is 8.14. The lowest BCUT2D eigenvalue weighted by molar-refractivity contribution is -0.277. The number of nitrogens with one attached hydrogen (secondary N) is 1. The summed E-state index contributed by atoms with van der Waals surface area (Å²) in [6.45, 7) is -0.419. The zero-order chi connectivity index (χ0) is 30.8. The Bertz CT molecular complexity index is 1210. The van der Waals surface area contributed by atoms with Crippen LogP contribution in [-0.2, 0) is 22.3 Å². The molecule has 14 nitrogen and oxygen atoms in total. The average molecular weight is 610 g/mol. The number of hydrogen-bond donors (Lipinski definition) is 9. The van der Waals surface area contributed by atoms with Crippen LogP contribution in [0.25, 0.3) is 0 Å². The first-order chi connectivity index (χ1) is 20.6.